The fourth-order valence-corrected chi connectivity index (χ4v) is 3.32. The third kappa shape index (κ3) is 3.76. The van der Waals surface area contributed by atoms with E-state index >= 15 is 0 Å². The number of hydrogen-bond acceptors (Lipinski definition) is 4. The normalized spacial score (nSPS) is 27.0. The number of thiazole rings is 1. The molecule has 17 heavy (non-hydrogen) atoms. The molecule has 96 valence electrons. The first-order chi connectivity index (χ1) is 8.15. The van der Waals surface area contributed by atoms with E-state index in [0.29, 0.717) is 12.1 Å². The van der Waals surface area contributed by atoms with Crippen LogP contribution in [0.1, 0.15) is 48.5 Å². The second-order valence-electron chi connectivity index (χ2n) is 5.23. The number of nitrogens with two attached hydrogens (primary N) is 1. The van der Waals surface area contributed by atoms with Gasteiger partial charge in [-0.15, -0.1) is 11.3 Å². The number of nitrogens with one attached hydrogen (secondary N) is 1. The topological polar surface area (TPSA) is 50.9 Å². The summed E-state index contributed by atoms with van der Waals surface area (Å²) < 4.78 is 0. The Hall–Kier alpha value is -0.450. The lowest BCUT2D eigenvalue weighted by Gasteiger charge is -2.27. The molecule has 1 saturated carbocycles. The standard InChI is InChI=1S/C13H23N3S/c1-9-7-16-13(17-9)10(2)15-8-11-4-3-5-12(14)6-11/h7,10-12,15H,3-6,8,14H2,1-2H3. The molecule has 0 radical (unpaired) electrons. The SMILES string of the molecule is Cc1cnc(C(C)NCC2CCCC(N)C2)s1. The smallest absolute Gasteiger partial charge is 0.109 e. The van der Waals surface area contributed by atoms with Crippen molar-refractivity contribution in [3.05, 3.63) is 16.1 Å². The van der Waals surface area contributed by atoms with Crippen molar-refractivity contribution in [1.82, 2.24) is 10.3 Å². The Balaban J connectivity index is 1.77. The molecule has 1 aromatic heterocycles. The van der Waals surface area contributed by atoms with Crippen LogP contribution in [0.5, 0.6) is 0 Å². The predicted octanol–water partition coefficient (Wildman–Crippen LogP) is 2.62. The highest BCUT2D eigenvalue weighted by molar-refractivity contribution is 7.11. The summed E-state index contributed by atoms with van der Waals surface area (Å²) in [5.41, 5.74) is 6.01. The predicted molar refractivity (Wildman–Crippen MR) is 73.2 cm³/mol. The zero-order valence-corrected chi connectivity index (χ0v) is 11.6. The van der Waals surface area contributed by atoms with Crippen LogP contribution in [-0.2, 0) is 0 Å². The van der Waals surface area contributed by atoms with Crippen molar-refractivity contribution in [2.75, 3.05) is 6.54 Å². The van der Waals surface area contributed by atoms with Gasteiger partial charge in [0.1, 0.15) is 5.01 Å². The molecular formula is C13H23N3S. The molecule has 1 heterocycles. The maximum absolute atomic E-state index is 6.01. The van der Waals surface area contributed by atoms with Crippen LogP contribution < -0.4 is 11.1 Å². The van der Waals surface area contributed by atoms with Gasteiger partial charge in [0.2, 0.25) is 0 Å². The summed E-state index contributed by atoms with van der Waals surface area (Å²) in [5.74, 6) is 0.752. The monoisotopic (exact) mass is 253 g/mol. The lowest BCUT2D eigenvalue weighted by molar-refractivity contribution is 0.302. The highest BCUT2D eigenvalue weighted by Gasteiger charge is 2.20. The second-order valence-corrected chi connectivity index (χ2v) is 6.50. The summed E-state index contributed by atoms with van der Waals surface area (Å²) in [4.78, 5) is 5.71. The van der Waals surface area contributed by atoms with Crippen molar-refractivity contribution in [2.24, 2.45) is 11.7 Å². The highest BCUT2D eigenvalue weighted by atomic mass is 32.1. The molecular weight excluding hydrogens is 230 g/mol. The zero-order chi connectivity index (χ0) is 12.3. The molecule has 2 rings (SSSR count). The molecule has 1 aliphatic carbocycles. The van der Waals surface area contributed by atoms with E-state index in [9.17, 15) is 0 Å². The Bertz CT molecular complexity index is 350. The van der Waals surface area contributed by atoms with E-state index in [0.717, 1.165) is 12.5 Å². The Kier molecular flexibility index (Phi) is 4.54. The Labute approximate surface area is 108 Å². The Morgan fingerprint density at radius 2 is 2.41 bits per heavy atom. The van der Waals surface area contributed by atoms with Crippen molar-refractivity contribution < 1.29 is 0 Å². The molecule has 1 aliphatic rings. The molecule has 3 unspecified atom stereocenters. The average Bonchev–Trinajstić information content (AvgIpc) is 2.73. The number of rotatable bonds is 4. The van der Waals surface area contributed by atoms with E-state index in [-0.39, 0.29) is 0 Å². The number of aryl methyl sites for hydroxylation is 1. The summed E-state index contributed by atoms with van der Waals surface area (Å²) in [6.45, 7) is 5.38. The summed E-state index contributed by atoms with van der Waals surface area (Å²) in [6.07, 6.45) is 6.95. The average molecular weight is 253 g/mol. The summed E-state index contributed by atoms with van der Waals surface area (Å²) in [7, 11) is 0. The van der Waals surface area contributed by atoms with Gasteiger partial charge in [0.25, 0.3) is 0 Å². The van der Waals surface area contributed by atoms with Gasteiger partial charge in [-0.2, -0.15) is 0 Å². The van der Waals surface area contributed by atoms with Crippen LogP contribution >= 0.6 is 11.3 Å². The van der Waals surface area contributed by atoms with Crippen LogP contribution in [-0.4, -0.2) is 17.6 Å². The molecule has 0 aliphatic heterocycles. The number of nitrogens with zero attached hydrogens (tertiary/aromatic N) is 1. The van der Waals surface area contributed by atoms with Crippen molar-refractivity contribution in [3.8, 4) is 0 Å². The van der Waals surface area contributed by atoms with Crippen molar-refractivity contribution in [3.63, 3.8) is 0 Å². The summed E-state index contributed by atoms with van der Waals surface area (Å²) >= 11 is 1.78. The van der Waals surface area contributed by atoms with E-state index in [1.165, 1.54) is 35.6 Å². The first-order valence-electron chi connectivity index (χ1n) is 6.56. The third-order valence-electron chi connectivity index (χ3n) is 3.55. The lowest BCUT2D eigenvalue weighted by Crippen LogP contribution is -2.34. The number of hydrogen-bond donors (Lipinski definition) is 2. The molecule has 1 aromatic rings. The highest BCUT2D eigenvalue weighted by Crippen LogP contribution is 2.24. The third-order valence-corrected chi connectivity index (χ3v) is 4.64. The zero-order valence-electron chi connectivity index (χ0n) is 10.8. The van der Waals surface area contributed by atoms with Crippen molar-refractivity contribution in [1.29, 1.82) is 0 Å². The maximum Gasteiger partial charge on any atom is 0.109 e. The minimum Gasteiger partial charge on any atom is -0.328 e. The van der Waals surface area contributed by atoms with Crippen LogP contribution in [0.15, 0.2) is 6.20 Å². The van der Waals surface area contributed by atoms with Crippen LogP contribution in [0.25, 0.3) is 0 Å². The summed E-state index contributed by atoms with van der Waals surface area (Å²) in [6, 6.07) is 0.791. The lowest BCUT2D eigenvalue weighted by atomic mass is 9.86. The van der Waals surface area contributed by atoms with Crippen LogP contribution in [0.2, 0.25) is 0 Å². The minimum absolute atomic E-state index is 0.367. The largest absolute Gasteiger partial charge is 0.328 e. The fourth-order valence-electron chi connectivity index (χ4n) is 2.52. The van der Waals surface area contributed by atoms with Crippen LogP contribution in [0, 0.1) is 12.8 Å². The quantitative estimate of drug-likeness (QED) is 0.867. The van der Waals surface area contributed by atoms with Gasteiger partial charge in [-0.25, -0.2) is 4.98 Å². The second kappa shape index (κ2) is 5.94. The molecule has 0 bridgehead atoms. The van der Waals surface area contributed by atoms with Crippen LogP contribution in [0.4, 0.5) is 0 Å². The van der Waals surface area contributed by atoms with E-state index < -0.39 is 0 Å². The van der Waals surface area contributed by atoms with Gasteiger partial charge in [-0.3, -0.25) is 0 Å². The van der Waals surface area contributed by atoms with Crippen molar-refractivity contribution >= 4 is 11.3 Å². The van der Waals surface area contributed by atoms with E-state index in [1.54, 1.807) is 11.3 Å². The summed E-state index contributed by atoms with van der Waals surface area (Å²) in [5, 5.41) is 4.79. The molecule has 3 atom stereocenters. The Morgan fingerprint density at radius 3 is 3.06 bits per heavy atom. The molecule has 3 N–H and O–H groups in total. The molecule has 0 spiro atoms. The van der Waals surface area contributed by atoms with Gasteiger partial charge in [0.15, 0.2) is 0 Å². The fraction of sp³-hybridized carbons (Fsp3) is 0.769. The van der Waals surface area contributed by atoms with Crippen LogP contribution in [0.3, 0.4) is 0 Å². The Morgan fingerprint density at radius 1 is 1.59 bits per heavy atom. The van der Waals surface area contributed by atoms with E-state index in [2.05, 4.69) is 24.1 Å². The van der Waals surface area contributed by atoms with Gasteiger partial charge in [-0.05, 0) is 45.6 Å². The maximum atomic E-state index is 6.01. The first-order valence-corrected chi connectivity index (χ1v) is 7.38. The van der Waals surface area contributed by atoms with Gasteiger partial charge < -0.3 is 11.1 Å². The molecule has 4 heteroatoms. The minimum atomic E-state index is 0.367. The molecule has 3 nitrogen and oxygen atoms in total. The van der Waals surface area contributed by atoms with E-state index in [1.807, 2.05) is 6.20 Å². The van der Waals surface area contributed by atoms with Crippen molar-refractivity contribution in [2.45, 2.75) is 51.6 Å². The first kappa shape index (κ1) is 13.0. The van der Waals surface area contributed by atoms with Gasteiger partial charge in [-0.1, -0.05) is 6.42 Å². The molecule has 1 fully saturated rings. The van der Waals surface area contributed by atoms with Gasteiger partial charge in [0.05, 0.1) is 6.04 Å². The number of aromatic nitrogens is 1. The van der Waals surface area contributed by atoms with Gasteiger partial charge in [0, 0.05) is 17.1 Å². The molecule has 0 aromatic carbocycles. The molecule has 0 saturated heterocycles. The van der Waals surface area contributed by atoms with Gasteiger partial charge >= 0.3 is 0 Å². The molecule has 0 amide bonds. The van der Waals surface area contributed by atoms with E-state index in [4.69, 9.17) is 5.73 Å².